The molecule has 0 aliphatic heterocycles. The molecule has 1 amide bonds. The number of carbonyl (C=O) groups is 1. The van der Waals surface area contributed by atoms with Crippen molar-refractivity contribution >= 4 is 27.7 Å². The van der Waals surface area contributed by atoms with Crippen molar-refractivity contribution in [1.82, 2.24) is 9.97 Å². The van der Waals surface area contributed by atoms with E-state index in [9.17, 15) is 4.79 Å². The molecule has 6 heteroatoms. The minimum atomic E-state index is -0.284. The third-order valence-electron chi connectivity index (χ3n) is 2.54. The lowest BCUT2D eigenvalue weighted by Gasteiger charge is -2.08. The van der Waals surface area contributed by atoms with Crippen LogP contribution in [-0.2, 0) is 0 Å². The SMILES string of the molecule is COc1cnccc1C(=O)Nc1cc(C)c(Br)cn1. The van der Waals surface area contributed by atoms with Crippen LogP contribution in [0.3, 0.4) is 0 Å². The summed E-state index contributed by atoms with van der Waals surface area (Å²) in [5.74, 6) is 0.631. The third kappa shape index (κ3) is 3.08. The Hall–Kier alpha value is -1.95. The van der Waals surface area contributed by atoms with Gasteiger partial charge in [-0.3, -0.25) is 9.78 Å². The molecule has 2 rings (SSSR count). The van der Waals surface area contributed by atoms with Gasteiger partial charge in [0.05, 0.1) is 18.9 Å². The highest BCUT2D eigenvalue weighted by Crippen LogP contribution is 2.20. The fourth-order valence-corrected chi connectivity index (χ4v) is 1.74. The molecule has 0 aliphatic rings. The second-order valence-electron chi connectivity index (χ2n) is 3.85. The first-order valence-electron chi connectivity index (χ1n) is 5.53. The van der Waals surface area contributed by atoms with Crippen molar-refractivity contribution in [1.29, 1.82) is 0 Å². The number of nitrogens with zero attached hydrogens (tertiary/aromatic N) is 2. The van der Waals surface area contributed by atoms with E-state index in [0.29, 0.717) is 17.1 Å². The molecule has 0 aliphatic carbocycles. The van der Waals surface area contributed by atoms with Gasteiger partial charge in [0.1, 0.15) is 11.6 Å². The summed E-state index contributed by atoms with van der Waals surface area (Å²) in [5.41, 5.74) is 1.41. The fourth-order valence-electron chi connectivity index (χ4n) is 1.52. The Kier molecular flexibility index (Phi) is 4.11. The molecule has 5 nitrogen and oxygen atoms in total. The van der Waals surface area contributed by atoms with Gasteiger partial charge in [-0.25, -0.2) is 4.98 Å². The predicted octanol–water partition coefficient (Wildman–Crippen LogP) is 2.81. The Labute approximate surface area is 119 Å². The highest BCUT2D eigenvalue weighted by Gasteiger charge is 2.12. The zero-order valence-corrected chi connectivity index (χ0v) is 12.1. The molecule has 0 unspecified atom stereocenters. The van der Waals surface area contributed by atoms with Crippen LogP contribution in [-0.4, -0.2) is 23.0 Å². The van der Waals surface area contributed by atoms with Crippen molar-refractivity contribution in [2.24, 2.45) is 0 Å². The maximum absolute atomic E-state index is 12.1. The standard InChI is InChI=1S/C13H12BrN3O2/c1-8-5-12(16-6-10(8)14)17-13(18)9-3-4-15-7-11(9)19-2/h3-7H,1-2H3,(H,16,17,18). The normalized spacial score (nSPS) is 10.1. The average molecular weight is 322 g/mol. The van der Waals surface area contributed by atoms with Gasteiger partial charge in [0.2, 0.25) is 0 Å². The van der Waals surface area contributed by atoms with E-state index in [0.717, 1.165) is 10.0 Å². The molecule has 19 heavy (non-hydrogen) atoms. The number of nitrogens with one attached hydrogen (secondary N) is 1. The quantitative estimate of drug-likeness (QED) is 0.944. The first-order chi connectivity index (χ1) is 9.11. The number of hydrogen-bond acceptors (Lipinski definition) is 4. The summed E-state index contributed by atoms with van der Waals surface area (Å²) in [5, 5.41) is 2.72. The molecule has 0 fully saturated rings. The molecule has 0 spiro atoms. The largest absolute Gasteiger partial charge is 0.494 e. The van der Waals surface area contributed by atoms with Crippen LogP contribution in [0.1, 0.15) is 15.9 Å². The summed E-state index contributed by atoms with van der Waals surface area (Å²) in [6.45, 7) is 1.93. The number of halogens is 1. The second-order valence-corrected chi connectivity index (χ2v) is 4.70. The lowest BCUT2D eigenvalue weighted by Crippen LogP contribution is -2.14. The summed E-state index contributed by atoms with van der Waals surface area (Å²) < 4.78 is 5.99. The Morgan fingerprint density at radius 3 is 2.89 bits per heavy atom. The van der Waals surface area contributed by atoms with Gasteiger partial charge in [-0.15, -0.1) is 0 Å². The molecule has 2 aromatic heterocycles. The summed E-state index contributed by atoms with van der Waals surface area (Å²) in [6, 6.07) is 3.38. The van der Waals surface area contributed by atoms with Crippen molar-refractivity contribution in [3.8, 4) is 5.75 Å². The van der Waals surface area contributed by atoms with Gasteiger partial charge in [-0.1, -0.05) is 0 Å². The van der Waals surface area contributed by atoms with Gasteiger partial charge < -0.3 is 10.1 Å². The van der Waals surface area contributed by atoms with Crippen LogP contribution in [0, 0.1) is 6.92 Å². The predicted molar refractivity (Wildman–Crippen MR) is 75.4 cm³/mol. The molecule has 0 atom stereocenters. The van der Waals surface area contributed by atoms with E-state index in [1.165, 1.54) is 19.5 Å². The number of amides is 1. The van der Waals surface area contributed by atoms with Crippen molar-refractivity contribution in [2.45, 2.75) is 6.92 Å². The van der Waals surface area contributed by atoms with Crippen LogP contribution in [0.25, 0.3) is 0 Å². The third-order valence-corrected chi connectivity index (χ3v) is 3.37. The van der Waals surface area contributed by atoms with Crippen LogP contribution in [0.5, 0.6) is 5.75 Å². The van der Waals surface area contributed by atoms with Gasteiger partial charge in [-0.05, 0) is 40.5 Å². The molecule has 0 bridgehead atoms. The summed E-state index contributed by atoms with van der Waals surface area (Å²) in [4.78, 5) is 20.1. The van der Waals surface area contributed by atoms with E-state index in [4.69, 9.17) is 4.74 Å². The molecule has 2 aromatic rings. The number of pyridine rings is 2. The minimum absolute atomic E-state index is 0.284. The Morgan fingerprint density at radius 2 is 2.21 bits per heavy atom. The van der Waals surface area contributed by atoms with E-state index in [1.807, 2.05) is 6.92 Å². The smallest absolute Gasteiger partial charge is 0.260 e. The zero-order valence-electron chi connectivity index (χ0n) is 10.5. The number of rotatable bonds is 3. The van der Waals surface area contributed by atoms with Crippen LogP contribution < -0.4 is 10.1 Å². The lowest BCUT2D eigenvalue weighted by molar-refractivity contribution is 0.102. The number of methoxy groups -OCH3 is 1. The first-order valence-corrected chi connectivity index (χ1v) is 6.32. The topological polar surface area (TPSA) is 64.1 Å². The van der Waals surface area contributed by atoms with Crippen LogP contribution >= 0.6 is 15.9 Å². The van der Waals surface area contributed by atoms with Crippen LogP contribution in [0.4, 0.5) is 5.82 Å². The number of hydrogen-bond donors (Lipinski definition) is 1. The lowest BCUT2D eigenvalue weighted by atomic mass is 10.2. The highest BCUT2D eigenvalue weighted by molar-refractivity contribution is 9.10. The summed E-state index contributed by atoms with van der Waals surface area (Å²) in [6.07, 6.45) is 4.68. The number of ether oxygens (including phenoxy) is 1. The summed E-state index contributed by atoms with van der Waals surface area (Å²) in [7, 11) is 1.50. The van der Waals surface area contributed by atoms with Gasteiger partial charge in [-0.2, -0.15) is 0 Å². The number of aromatic nitrogens is 2. The second kappa shape index (κ2) is 5.79. The number of aryl methyl sites for hydroxylation is 1. The minimum Gasteiger partial charge on any atom is -0.494 e. The highest BCUT2D eigenvalue weighted by atomic mass is 79.9. The number of carbonyl (C=O) groups excluding carboxylic acids is 1. The van der Waals surface area contributed by atoms with E-state index in [1.54, 1.807) is 18.3 Å². The molecule has 2 heterocycles. The van der Waals surface area contributed by atoms with Gasteiger partial charge in [0.25, 0.3) is 5.91 Å². The summed E-state index contributed by atoms with van der Waals surface area (Å²) >= 11 is 3.36. The molecule has 0 aromatic carbocycles. The van der Waals surface area contributed by atoms with E-state index >= 15 is 0 Å². The molecule has 0 saturated carbocycles. The van der Waals surface area contributed by atoms with E-state index in [2.05, 4.69) is 31.2 Å². The monoisotopic (exact) mass is 321 g/mol. The van der Waals surface area contributed by atoms with E-state index in [-0.39, 0.29) is 5.91 Å². The van der Waals surface area contributed by atoms with Gasteiger partial charge in [0.15, 0.2) is 0 Å². The zero-order chi connectivity index (χ0) is 13.8. The molecule has 0 saturated heterocycles. The molecule has 98 valence electrons. The molecular weight excluding hydrogens is 310 g/mol. The fraction of sp³-hybridized carbons (Fsp3) is 0.154. The van der Waals surface area contributed by atoms with Crippen molar-refractivity contribution in [3.05, 3.63) is 46.3 Å². The van der Waals surface area contributed by atoms with Gasteiger partial charge in [0, 0.05) is 16.9 Å². The van der Waals surface area contributed by atoms with Crippen LogP contribution in [0.15, 0.2) is 35.2 Å². The Morgan fingerprint density at radius 1 is 1.42 bits per heavy atom. The molecule has 0 radical (unpaired) electrons. The number of anilines is 1. The Balaban J connectivity index is 2.23. The maximum Gasteiger partial charge on any atom is 0.260 e. The van der Waals surface area contributed by atoms with Crippen molar-refractivity contribution in [2.75, 3.05) is 12.4 Å². The van der Waals surface area contributed by atoms with Crippen molar-refractivity contribution in [3.63, 3.8) is 0 Å². The maximum atomic E-state index is 12.1. The first kappa shape index (κ1) is 13.5. The van der Waals surface area contributed by atoms with E-state index < -0.39 is 0 Å². The van der Waals surface area contributed by atoms with Gasteiger partial charge >= 0.3 is 0 Å². The molecule has 1 N–H and O–H groups in total. The Bertz CT molecular complexity index is 617. The average Bonchev–Trinajstić information content (AvgIpc) is 2.43. The molecular formula is C13H12BrN3O2. The van der Waals surface area contributed by atoms with Crippen LogP contribution in [0.2, 0.25) is 0 Å². The van der Waals surface area contributed by atoms with Crippen molar-refractivity contribution < 1.29 is 9.53 Å².